The van der Waals surface area contributed by atoms with Gasteiger partial charge in [-0.1, -0.05) is 26.0 Å². The third kappa shape index (κ3) is 2.57. The summed E-state index contributed by atoms with van der Waals surface area (Å²) >= 11 is 1.73. The van der Waals surface area contributed by atoms with E-state index in [9.17, 15) is 4.79 Å². The smallest absolute Gasteiger partial charge is 0.223 e. The zero-order valence-electron chi connectivity index (χ0n) is 12.0. The number of benzene rings is 1. The molecule has 2 heterocycles. The van der Waals surface area contributed by atoms with E-state index in [1.165, 1.54) is 4.70 Å². The number of aromatic nitrogens is 1. The first-order valence-electron chi connectivity index (χ1n) is 7.30. The molecule has 106 valence electrons. The lowest BCUT2D eigenvalue weighted by Crippen LogP contribution is -2.31. The van der Waals surface area contributed by atoms with Gasteiger partial charge in [0.05, 0.1) is 16.3 Å². The first-order chi connectivity index (χ1) is 9.65. The molecule has 0 saturated carbocycles. The fourth-order valence-corrected chi connectivity index (χ4v) is 3.94. The Balaban J connectivity index is 1.86. The average Bonchev–Trinajstić information content (AvgIpc) is 3.04. The van der Waals surface area contributed by atoms with Crippen molar-refractivity contribution in [1.82, 2.24) is 9.88 Å². The molecule has 1 atom stereocenters. The predicted octanol–water partition coefficient (Wildman–Crippen LogP) is 4.01. The van der Waals surface area contributed by atoms with Crippen molar-refractivity contribution in [1.29, 1.82) is 0 Å². The van der Waals surface area contributed by atoms with Gasteiger partial charge in [-0.25, -0.2) is 4.98 Å². The Morgan fingerprint density at radius 2 is 2.25 bits per heavy atom. The Hall–Kier alpha value is -1.42. The van der Waals surface area contributed by atoms with Crippen LogP contribution in [-0.4, -0.2) is 22.3 Å². The highest BCUT2D eigenvalue weighted by Gasteiger charge is 2.32. The van der Waals surface area contributed by atoms with Gasteiger partial charge in [-0.2, -0.15) is 0 Å². The molecule has 1 saturated heterocycles. The summed E-state index contributed by atoms with van der Waals surface area (Å²) in [6.45, 7) is 5.08. The highest BCUT2D eigenvalue weighted by atomic mass is 32.1. The summed E-state index contributed by atoms with van der Waals surface area (Å²) in [5.74, 6) is 0.695. The Kier molecular flexibility index (Phi) is 3.74. The summed E-state index contributed by atoms with van der Waals surface area (Å²) in [5.41, 5.74) is 1.05. The van der Waals surface area contributed by atoms with Crippen molar-refractivity contribution in [3.05, 3.63) is 29.3 Å². The van der Waals surface area contributed by atoms with Gasteiger partial charge in [-0.3, -0.25) is 4.79 Å². The Bertz CT molecular complexity index is 587. The largest absolute Gasteiger partial charge is 0.333 e. The second-order valence-corrected chi connectivity index (χ2v) is 6.93. The summed E-state index contributed by atoms with van der Waals surface area (Å²) in [4.78, 5) is 19.1. The van der Waals surface area contributed by atoms with Crippen molar-refractivity contribution in [3.63, 3.8) is 0 Å². The van der Waals surface area contributed by atoms with Crippen molar-refractivity contribution >= 4 is 27.5 Å². The molecule has 1 aromatic heterocycles. The molecule has 20 heavy (non-hydrogen) atoms. The number of carbonyl (C=O) groups is 1. The summed E-state index contributed by atoms with van der Waals surface area (Å²) in [7, 11) is 0. The number of carbonyl (C=O) groups excluding carboxylic acids is 1. The standard InChI is InChI=1S/C16H20N2OS/c1-11(2)10-15(19)18-9-5-7-13(18)16-17-12-6-3-4-8-14(12)20-16/h3-4,6,8,11,13H,5,7,9-10H2,1-2H3. The van der Waals surface area contributed by atoms with Crippen molar-refractivity contribution in [2.75, 3.05) is 6.54 Å². The minimum absolute atomic E-state index is 0.193. The first kappa shape index (κ1) is 13.6. The number of amides is 1. The van der Waals surface area contributed by atoms with E-state index in [0.29, 0.717) is 12.3 Å². The lowest BCUT2D eigenvalue weighted by molar-refractivity contribution is -0.132. The molecule has 3 nitrogen and oxygen atoms in total. The second kappa shape index (κ2) is 5.52. The van der Waals surface area contributed by atoms with Gasteiger partial charge in [-0.05, 0) is 30.9 Å². The van der Waals surface area contributed by atoms with Gasteiger partial charge in [0.1, 0.15) is 5.01 Å². The number of hydrogen-bond acceptors (Lipinski definition) is 3. The van der Waals surface area contributed by atoms with E-state index in [2.05, 4.69) is 19.9 Å². The van der Waals surface area contributed by atoms with Crippen molar-refractivity contribution < 1.29 is 4.79 Å². The Morgan fingerprint density at radius 3 is 3.00 bits per heavy atom. The van der Waals surface area contributed by atoms with Crippen LogP contribution in [0.25, 0.3) is 10.2 Å². The third-order valence-corrected chi connectivity index (χ3v) is 4.89. The molecule has 1 amide bonds. The van der Waals surface area contributed by atoms with E-state index in [4.69, 9.17) is 4.98 Å². The van der Waals surface area contributed by atoms with Gasteiger partial charge in [0, 0.05) is 13.0 Å². The molecule has 1 aliphatic heterocycles. The highest BCUT2D eigenvalue weighted by Crippen LogP contribution is 2.36. The van der Waals surface area contributed by atoms with Gasteiger partial charge in [0.25, 0.3) is 0 Å². The molecule has 1 unspecified atom stereocenters. The zero-order valence-corrected chi connectivity index (χ0v) is 12.8. The molecule has 0 N–H and O–H groups in total. The van der Waals surface area contributed by atoms with E-state index in [1.807, 2.05) is 23.1 Å². The lowest BCUT2D eigenvalue weighted by atomic mass is 10.1. The summed E-state index contributed by atoms with van der Waals surface area (Å²) in [6.07, 6.45) is 2.77. The van der Waals surface area contributed by atoms with Crippen LogP contribution in [0.15, 0.2) is 24.3 Å². The molecule has 1 fully saturated rings. The maximum Gasteiger partial charge on any atom is 0.223 e. The van der Waals surface area contributed by atoms with Gasteiger partial charge in [-0.15, -0.1) is 11.3 Å². The molecular formula is C16H20N2OS. The zero-order chi connectivity index (χ0) is 14.1. The third-order valence-electron chi connectivity index (χ3n) is 3.75. The summed E-state index contributed by atoms with van der Waals surface area (Å²) in [5, 5.41) is 1.10. The van der Waals surface area contributed by atoms with Crippen LogP contribution in [0.5, 0.6) is 0 Å². The van der Waals surface area contributed by atoms with Crippen LogP contribution in [0.4, 0.5) is 0 Å². The van der Waals surface area contributed by atoms with Gasteiger partial charge in [0.2, 0.25) is 5.91 Å². The quantitative estimate of drug-likeness (QED) is 0.855. The van der Waals surface area contributed by atoms with Crippen LogP contribution >= 0.6 is 11.3 Å². The van der Waals surface area contributed by atoms with E-state index in [1.54, 1.807) is 11.3 Å². The Labute approximate surface area is 123 Å². The molecular weight excluding hydrogens is 268 g/mol. The molecule has 1 aliphatic rings. The number of rotatable bonds is 3. The van der Waals surface area contributed by atoms with Crippen LogP contribution in [0.2, 0.25) is 0 Å². The fourth-order valence-electron chi connectivity index (χ4n) is 2.82. The fraction of sp³-hybridized carbons (Fsp3) is 0.500. The maximum absolute atomic E-state index is 12.4. The monoisotopic (exact) mass is 288 g/mol. The topological polar surface area (TPSA) is 33.2 Å². The van der Waals surface area contributed by atoms with Crippen molar-refractivity contribution in [2.45, 2.75) is 39.2 Å². The molecule has 4 heteroatoms. The Morgan fingerprint density at radius 1 is 1.45 bits per heavy atom. The molecule has 3 rings (SSSR count). The van der Waals surface area contributed by atoms with Gasteiger partial charge in [0.15, 0.2) is 0 Å². The van der Waals surface area contributed by atoms with Gasteiger partial charge < -0.3 is 4.90 Å². The van der Waals surface area contributed by atoms with Crippen molar-refractivity contribution in [2.24, 2.45) is 5.92 Å². The normalized spacial score (nSPS) is 19.1. The number of likely N-dealkylation sites (tertiary alicyclic amines) is 1. The molecule has 0 spiro atoms. The summed E-state index contributed by atoms with van der Waals surface area (Å²) in [6, 6.07) is 8.40. The van der Waals surface area contributed by atoms with Crippen LogP contribution in [0, 0.1) is 5.92 Å². The molecule has 2 aromatic rings. The number of para-hydroxylation sites is 1. The number of hydrogen-bond donors (Lipinski definition) is 0. The van der Waals surface area contributed by atoms with E-state index in [0.717, 1.165) is 29.9 Å². The van der Waals surface area contributed by atoms with E-state index < -0.39 is 0 Å². The lowest BCUT2D eigenvalue weighted by Gasteiger charge is -2.23. The van der Waals surface area contributed by atoms with Crippen molar-refractivity contribution in [3.8, 4) is 0 Å². The molecule has 0 bridgehead atoms. The van der Waals surface area contributed by atoms with Crippen LogP contribution in [0.1, 0.15) is 44.2 Å². The second-order valence-electron chi connectivity index (χ2n) is 5.86. The van der Waals surface area contributed by atoms with E-state index in [-0.39, 0.29) is 11.9 Å². The minimum Gasteiger partial charge on any atom is -0.333 e. The van der Waals surface area contributed by atoms with Crippen LogP contribution < -0.4 is 0 Å². The first-order valence-corrected chi connectivity index (χ1v) is 8.11. The predicted molar refractivity (Wildman–Crippen MR) is 82.8 cm³/mol. The molecule has 0 radical (unpaired) electrons. The average molecular weight is 288 g/mol. The number of nitrogens with zero attached hydrogens (tertiary/aromatic N) is 2. The molecule has 0 aliphatic carbocycles. The minimum atomic E-state index is 0.193. The summed E-state index contributed by atoms with van der Waals surface area (Å²) < 4.78 is 1.21. The van der Waals surface area contributed by atoms with Crippen LogP contribution in [-0.2, 0) is 4.79 Å². The molecule has 1 aromatic carbocycles. The number of fused-ring (bicyclic) bond motifs is 1. The van der Waals surface area contributed by atoms with Crippen LogP contribution in [0.3, 0.4) is 0 Å². The highest BCUT2D eigenvalue weighted by molar-refractivity contribution is 7.18. The van der Waals surface area contributed by atoms with E-state index >= 15 is 0 Å². The number of thiazole rings is 1. The maximum atomic E-state index is 12.4. The SMILES string of the molecule is CC(C)CC(=O)N1CCCC1c1nc2ccccc2s1. The van der Waals surface area contributed by atoms with Gasteiger partial charge >= 0.3 is 0 Å².